The van der Waals surface area contributed by atoms with E-state index in [1.807, 2.05) is 13.8 Å². The highest BCUT2D eigenvalue weighted by Crippen LogP contribution is 2.12. The second-order valence-electron chi connectivity index (χ2n) is 2.60. The van der Waals surface area contributed by atoms with E-state index in [2.05, 4.69) is 6.58 Å². The van der Waals surface area contributed by atoms with Crippen LogP contribution < -0.4 is 0 Å². The molecule has 0 aromatic heterocycles. The number of hydrogen-bond donors (Lipinski definition) is 1. The van der Waals surface area contributed by atoms with Gasteiger partial charge in [-0.2, -0.15) is 0 Å². The molecule has 0 unspecified atom stereocenters. The lowest BCUT2D eigenvalue weighted by Gasteiger charge is -2.07. The van der Waals surface area contributed by atoms with Gasteiger partial charge < -0.3 is 5.11 Å². The fourth-order valence-electron chi connectivity index (χ4n) is 0.827. The van der Waals surface area contributed by atoms with Crippen LogP contribution in [-0.4, -0.2) is 11.1 Å². The lowest BCUT2D eigenvalue weighted by molar-refractivity contribution is -0.141. The Bertz CT molecular complexity index is 138. The molecular formula is C8H14O2. The number of carboxylic acids is 1. The van der Waals surface area contributed by atoms with E-state index in [9.17, 15) is 4.79 Å². The van der Waals surface area contributed by atoms with Crippen LogP contribution in [0.4, 0.5) is 0 Å². The van der Waals surface area contributed by atoms with Crippen LogP contribution in [0.3, 0.4) is 0 Å². The van der Waals surface area contributed by atoms with Crippen LogP contribution >= 0.6 is 0 Å². The van der Waals surface area contributed by atoms with Gasteiger partial charge in [-0.1, -0.05) is 12.5 Å². The van der Waals surface area contributed by atoms with Crippen LogP contribution in [0, 0.1) is 5.92 Å². The molecule has 0 aliphatic rings. The predicted molar refractivity (Wildman–Crippen MR) is 40.8 cm³/mol. The van der Waals surface area contributed by atoms with Crippen molar-refractivity contribution in [1.29, 1.82) is 0 Å². The second-order valence-corrected chi connectivity index (χ2v) is 2.60. The number of hydrogen-bond acceptors (Lipinski definition) is 1. The third-order valence-electron chi connectivity index (χ3n) is 1.44. The number of allylic oxidation sites excluding steroid dienone is 1. The minimum absolute atomic E-state index is 0.238. The van der Waals surface area contributed by atoms with Crippen molar-refractivity contribution in [3.63, 3.8) is 0 Å². The molecule has 2 nitrogen and oxygen atoms in total. The van der Waals surface area contributed by atoms with E-state index in [0.29, 0.717) is 12.8 Å². The van der Waals surface area contributed by atoms with Crippen molar-refractivity contribution >= 4 is 5.97 Å². The zero-order valence-electron chi connectivity index (χ0n) is 6.55. The average molecular weight is 142 g/mol. The van der Waals surface area contributed by atoms with Crippen LogP contribution in [0.2, 0.25) is 0 Å². The summed E-state index contributed by atoms with van der Waals surface area (Å²) in [6.07, 6.45) is 1.29. The van der Waals surface area contributed by atoms with Gasteiger partial charge in [-0.15, -0.1) is 6.58 Å². The summed E-state index contributed by atoms with van der Waals surface area (Å²) in [5.41, 5.74) is 0.939. The molecule has 0 aromatic carbocycles. The van der Waals surface area contributed by atoms with Gasteiger partial charge in [0.1, 0.15) is 0 Å². The van der Waals surface area contributed by atoms with Crippen molar-refractivity contribution in [3.05, 3.63) is 12.2 Å². The number of rotatable bonds is 4. The predicted octanol–water partition coefficient (Wildman–Crippen LogP) is 2.06. The summed E-state index contributed by atoms with van der Waals surface area (Å²) in [4.78, 5) is 10.4. The summed E-state index contributed by atoms with van der Waals surface area (Å²) in [6.45, 7) is 7.39. The van der Waals surface area contributed by atoms with Crippen molar-refractivity contribution in [2.45, 2.75) is 26.7 Å². The quantitative estimate of drug-likeness (QED) is 0.610. The van der Waals surface area contributed by atoms with Gasteiger partial charge in [0, 0.05) is 0 Å². The van der Waals surface area contributed by atoms with E-state index < -0.39 is 5.97 Å². The Hall–Kier alpha value is -0.790. The molecule has 0 aliphatic carbocycles. The van der Waals surface area contributed by atoms with Gasteiger partial charge in [0.05, 0.1) is 5.92 Å². The SMILES string of the molecule is C=C(C)C[C@@H](CC)C(=O)O. The highest BCUT2D eigenvalue weighted by molar-refractivity contribution is 5.70. The van der Waals surface area contributed by atoms with E-state index in [1.54, 1.807) is 0 Å². The Morgan fingerprint density at radius 2 is 2.20 bits per heavy atom. The summed E-state index contributed by atoms with van der Waals surface area (Å²) in [5.74, 6) is -0.956. The maximum atomic E-state index is 10.4. The molecule has 0 aromatic rings. The summed E-state index contributed by atoms with van der Waals surface area (Å²) in [7, 11) is 0. The molecule has 0 fully saturated rings. The topological polar surface area (TPSA) is 37.3 Å². The largest absolute Gasteiger partial charge is 0.481 e. The number of aliphatic carboxylic acids is 1. The molecule has 0 aliphatic heterocycles. The summed E-state index contributed by atoms with van der Waals surface area (Å²) < 4.78 is 0. The first-order valence-electron chi connectivity index (χ1n) is 3.45. The van der Waals surface area contributed by atoms with Crippen LogP contribution in [0.15, 0.2) is 12.2 Å². The molecule has 0 rings (SSSR count). The van der Waals surface area contributed by atoms with E-state index in [4.69, 9.17) is 5.11 Å². The summed E-state index contributed by atoms with van der Waals surface area (Å²) in [6, 6.07) is 0. The van der Waals surface area contributed by atoms with E-state index in [1.165, 1.54) is 0 Å². The Morgan fingerprint density at radius 3 is 2.30 bits per heavy atom. The fraction of sp³-hybridized carbons (Fsp3) is 0.625. The zero-order chi connectivity index (χ0) is 8.15. The fourth-order valence-corrected chi connectivity index (χ4v) is 0.827. The smallest absolute Gasteiger partial charge is 0.306 e. The molecule has 58 valence electrons. The first-order chi connectivity index (χ1) is 4.57. The third-order valence-corrected chi connectivity index (χ3v) is 1.44. The van der Waals surface area contributed by atoms with Crippen molar-refractivity contribution in [2.75, 3.05) is 0 Å². The Morgan fingerprint density at radius 1 is 1.70 bits per heavy atom. The lowest BCUT2D eigenvalue weighted by Crippen LogP contribution is -2.12. The van der Waals surface area contributed by atoms with E-state index >= 15 is 0 Å². The maximum absolute atomic E-state index is 10.4. The molecular weight excluding hydrogens is 128 g/mol. The van der Waals surface area contributed by atoms with Gasteiger partial charge in [-0.25, -0.2) is 0 Å². The Kier molecular flexibility index (Phi) is 3.77. The van der Waals surface area contributed by atoms with Gasteiger partial charge in [-0.05, 0) is 19.8 Å². The average Bonchev–Trinajstić information content (AvgIpc) is 1.81. The molecule has 0 radical (unpaired) electrons. The molecule has 1 N–H and O–H groups in total. The highest BCUT2D eigenvalue weighted by Gasteiger charge is 2.13. The van der Waals surface area contributed by atoms with Crippen LogP contribution in [-0.2, 0) is 4.79 Å². The van der Waals surface area contributed by atoms with Gasteiger partial charge in [0.15, 0.2) is 0 Å². The van der Waals surface area contributed by atoms with Crippen LogP contribution in [0.1, 0.15) is 26.7 Å². The molecule has 0 bridgehead atoms. The zero-order valence-corrected chi connectivity index (χ0v) is 6.55. The second kappa shape index (κ2) is 4.09. The minimum Gasteiger partial charge on any atom is -0.481 e. The molecule has 10 heavy (non-hydrogen) atoms. The van der Waals surface area contributed by atoms with Gasteiger partial charge >= 0.3 is 5.97 Å². The number of carbonyl (C=O) groups is 1. The molecule has 0 amide bonds. The molecule has 0 heterocycles. The molecule has 1 atom stereocenters. The molecule has 2 heteroatoms. The Balaban J connectivity index is 3.83. The normalized spacial score (nSPS) is 12.6. The maximum Gasteiger partial charge on any atom is 0.306 e. The molecule has 0 spiro atoms. The molecule has 0 saturated heterocycles. The highest BCUT2D eigenvalue weighted by atomic mass is 16.4. The van der Waals surface area contributed by atoms with E-state index in [0.717, 1.165) is 5.57 Å². The number of carboxylic acid groups (broad SMARTS) is 1. The monoisotopic (exact) mass is 142 g/mol. The van der Waals surface area contributed by atoms with Gasteiger partial charge in [0.25, 0.3) is 0 Å². The molecule has 0 saturated carbocycles. The lowest BCUT2D eigenvalue weighted by atomic mass is 9.99. The van der Waals surface area contributed by atoms with Crippen LogP contribution in [0.25, 0.3) is 0 Å². The standard InChI is InChI=1S/C8H14O2/c1-4-7(8(9)10)5-6(2)3/h7H,2,4-5H2,1,3H3,(H,9,10)/t7-/m1/s1. The summed E-state index contributed by atoms with van der Waals surface area (Å²) >= 11 is 0. The Labute approximate surface area is 61.6 Å². The van der Waals surface area contributed by atoms with Crippen molar-refractivity contribution in [1.82, 2.24) is 0 Å². The van der Waals surface area contributed by atoms with Crippen molar-refractivity contribution < 1.29 is 9.90 Å². The minimum atomic E-state index is -0.717. The van der Waals surface area contributed by atoms with Crippen LogP contribution in [0.5, 0.6) is 0 Å². The van der Waals surface area contributed by atoms with Gasteiger partial charge in [0.2, 0.25) is 0 Å². The van der Waals surface area contributed by atoms with Crippen molar-refractivity contribution in [2.24, 2.45) is 5.92 Å². The van der Waals surface area contributed by atoms with Gasteiger partial charge in [-0.3, -0.25) is 4.79 Å². The van der Waals surface area contributed by atoms with Crippen molar-refractivity contribution in [3.8, 4) is 0 Å². The first kappa shape index (κ1) is 9.21. The summed E-state index contributed by atoms with van der Waals surface area (Å²) in [5, 5.41) is 8.58. The van der Waals surface area contributed by atoms with E-state index in [-0.39, 0.29) is 5.92 Å². The first-order valence-corrected chi connectivity index (χ1v) is 3.45. The third kappa shape index (κ3) is 3.28.